The van der Waals surface area contributed by atoms with E-state index in [2.05, 4.69) is 5.32 Å². The SMILES string of the molecule is COCCNC(=O)COc1ccc(OC)cc1CC(C)N. The minimum atomic E-state index is -0.186. The van der Waals surface area contributed by atoms with E-state index in [9.17, 15) is 4.79 Å². The molecule has 1 unspecified atom stereocenters. The van der Waals surface area contributed by atoms with Gasteiger partial charge < -0.3 is 25.3 Å². The Morgan fingerprint density at radius 2 is 2.14 bits per heavy atom. The van der Waals surface area contributed by atoms with Crippen LogP contribution in [0.1, 0.15) is 12.5 Å². The highest BCUT2D eigenvalue weighted by Gasteiger charge is 2.10. The molecule has 1 amide bonds. The lowest BCUT2D eigenvalue weighted by atomic mass is 10.1. The number of methoxy groups -OCH3 is 2. The molecule has 6 nitrogen and oxygen atoms in total. The Hall–Kier alpha value is -1.79. The van der Waals surface area contributed by atoms with Crippen molar-refractivity contribution in [1.82, 2.24) is 5.32 Å². The summed E-state index contributed by atoms with van der Waals surface area (Å²) < 4.78 is 15.6. The largest absolute Gasteiger partial charge is 0.497 e. The fourth-order valence-electron chi connectivity index (χ4n) is 1.82. The fraction of sp³-hybridized carbons (Fsp3) is 0.533. The summed E-state index contributed by atoms with van der Waals surface area (Å²) in [6.07, 6.45) is 0.651. The zero-order valence-electron chi connectivity index (χ0n) is 12.8. The molecule has 0 heterocycles. The minimum absolute atomic E-state index is 0.00464. The second-order valence-electron chi connectivity index (χ2n) is 4.79. The second kappa shape index (κ2) is 9.20. The molecule has 3 N–H and O–H groups in total. The number of rotatable bonds is 9. The maximum Gasteiger partial charge on any atom is 0.258 e. The molecule has 1 atom stereocenters. The van der Waals surface area contributed by atoms with E-state index < -0.39 is 0 Å². The van der Waals surface area contributed by atoms with Gasteiger partial charge in [0.15, 0.2) is 6.61 Å². The number of carbonyl (C=O) groups excluding carboxylic acids is 1. The Morgan fingerprint density at radius 1 is 1.38 bits per heavy atom. The summed E-state index contributed by atoms with van der Waals surface area (Å²) in [6.45, 7) is 2.82. The molecule has 0 radical (unpaired) electrons. The normalized spacial score (nSPS) is 11.8. The summed E-state index contributed by atoms with van der Waals surface area (Å²) in [7, 11) is 3.19. The van der Waals surface area contributed by atoms with Crippen LogP contribution < -0.4 is 20.5 Å². The zero-order chi connectivity index (χ0) is 15.7. The van der Waals surface area contributed by atoms with E-state index in [4.69, 9.17) is 19.9 Å². The standard InChI is InChI=1S/C15H24N2O4/c1-11(16)8-12-9-13(20-3)4-5-14(12)21-10-15(18)17-6-7-19-2/h4-5,9,11H,6-8,10,16H2,1-3H3,(H,17,18). The van der Waals surface area contributed by atoms with Gasteiger partial charge in [-0.3, -0.25) is 4.79 Å². The highest BCUT2D eigenvalue weighted by molar-refractivity contribution is 5.77. The highest BCUT2D eigenvalue weighted by Crippen LogP contribution is 2.25. The van der Waals surface area contributed by atoms with Gasteiger partial charge in [0.1, 0.15) is 11.5 Å². The van der Waals surface area contributed by atoms with E-state index in [0.29, 0.717) is 25.3 Å². The smallest absolute Gasteiger partial charge is 0.258 e. The molecule has 0 fully saturated rings. The summed E-state index contributed by atoms with van der Waals surface area (Å²) in [5.41, 5.74) is 6.76. The van der Waals surface area contributed by atoms with Gasteiger partial charge in [0.2, 0.25) is 0 Å². The Labute approximate surface area is 125 Å². The number of hydrogen-bond donors (Lipinski definition) is 2. The number of amides is 1. The van der Waals surface area contributed by atoms with Crippen LogP contribution in [0.4, 0.5) is 0 Å². The van der Waals surface area contributed by atoms with E-state index in [1.807, 2.05) is 13.0 Å². The van der Waals surface area contributed by atoms with E-state index in [1.165, 1.54) is 0 Å². The van der Waals surface area contributed by atoms with Crippen molar-refractivity contribution >= 4 is 5.91 Å². The topological polar surface area (TPSA) is 82.8 Å². The van der Waals surface area contributed by atoms with E-state index in [-0.39, 0.29) is 18.6 Å². The lowest BCUT2D eigenvalue weighted by Crippen LogP contribution is -2.31. The number of nitrogens with two attached hydrogens (primary N) is 1. The number of ether oxygens (including phenoxy) is 3. The van der Waals surface area contributed by atoms with Gasteiger partial charge >= 0.3 is 0 Å². The summed E-state index contributed by atoms with van der Waals surface area (Å²) >= 11 is 0. The van der Waals surface area contributed by atoms with Crippen LogP contribution in [0.2, 0.25) is 0 Å². The molecule has 6 heteroatoms. The fourth-order valence-corrected chi connectivity index (χ4v) is 1.82. The first-order valence-electron chi connectivity index (χ1n) is 6.87. The predicted octanol–water partition coefficient (Wildman–Crippen LogP) is 0.726. The average Bonchev–Trinajstić information content (AvgIpc) is 2.45. The van der Waals surface area contributed by atoms with Crippen molar-refractivity contribution in [3.63, 3.8) is 0 Å². The third kappa shape index (κ3) is 6.46. The third-order valence-electron chi connectivity index (χ3n) is 2.80. The molecule has 0 aliphatic heterocycles. The zero-order valence-corrected chi connectivity index (χ0v) is 12.8. The van der Waals surface area contributed by atoms with Crippen molar-refractivity contribution in [2.45, 2.75) is 19.4 Å². The molecule has 1 rings (SSSR count). The van der Waals surface area contributed by atoms with E-state index in [0.717, 1.165) is 11.3 Å². The number of hydrogen-bond acceptors (Lipinski definition) is 5. The summed E-state index contributed by atoms with van der Waals surface area (Å²) in [5.74, 6) is 1.20. The Balaban J connectivity index is 2.62. The van der Waals surface area contributed by atoms with Crippen LogP contribution in [-0.4, -0.2) is 45.9 Å². The van der Waals surface area contributed by atoms with Crippen molar-refractivity contribution < 1.29 is 19.0 Å². The van der Waals surface area contributed by atoms with Crippen LogP contribution >= 0.6 is 0 Å². The molecule has 0 saturated carbocycles. The molecule has 1 aromatic rings. The van der Waals surface area contributed by atoms with Crippen LogP contribution in [0.3, 0.4) is 0 Å². The van der Waals surface area contributed by atoms with Gasteiger partial charge in [0.05, 0.1) is 13.7 Å². The van der Waals surface area contributed by atoms with Crippen LogP contribution in [0.25, 0.3) is 0 Å². The van der Waals surface area contributed by atoms with Crippen molar-refractivity contribution in [2.24, 2.45) is 5.73 Å². The summed E-state index contributed by atoms with van der Waals surface area (Å²) in [5, 5.41) is 2.70. The van der Waals surface area contributed by atoms with Gasteiger partial charge in [-0.15, -0.1) is 0 Å². The molecule has 1 aromatic carbocycles. The predicted molar refractivity (Wildman–Crippen MR) is 80.7 cm³/mol. The number of nitrogens with one attached hydrogen (secondary N) is 1. The lowest BCUT2D eigenvalue weighted by Gasteiger charge is -2.14. The first-order valence-corrected chi connectivity index (χ1v) is 6.87. The molecule has 0 bridgehead atoms. The van der Waals surface area contributed by atoms with Gasteiger partial charge in [-0.05, 0) is 37.1 Å². The van der Waals surface area contributed by atoms with Crippen LogP contribution in [0.15, 0.2) is 18.2 Å². The molecule has 0 aliphatic carbocycles. The number of benzene rings is 1. The lowest BCUT2D eigenvalue weighted by molar-refractivity contribution is -0.123. The molecular weight excluding hydrogens is 272 g/mol. The van der Waals surface area contributed by atoms with Crippen molar-refractivity contribution in [2.75, 3.05) is 34.0 Å². The second-order valence-corrected chi connectivity index (χ2v) is 4.79. The van der Waals surface area contributed by atoms with E-state index in [1.54, 1.807) is 26.4 Å². The molecule has 21 heavy (non-hydrogen) atoms. The van der Waals surface area contributed by atoms with Crippen molar-refractivity contribution in [1.29, 1.82) is 0 Å². The van der Waals surface area contributed by atoms with Gasteiger partial charge in [-0.1, -0.05) is 0 Å². The van der Waals surface area contributed by atoms with Crippen molar-refractivity contribution in [3.8, 4) is 11.5 Å². The van der Waals surface area contributed by atoms with Gasteiger partial charge in [0.25, 0.3) is 5.91 Å². The van der Waals surface area contributed by atoms with Crippen LogP contribution in [0, 0.1) is 0 Å². The third-order valence-corrected chi connectivity index (χ3v) is 2.80. The Kier molecular flexibility index (Phi) is 7.56. The summed E-state index contributed by atoms with van der Waals surface area (Å²) in [4.78, 5) is 11.6. The molecule has 0 aliphatic rings. The van der Waals surface area contributed by atoms with Gasteiger partial charge in [-0.2, -0.15) is 0 Å². The molecular formula is C15H24N2O4. The highest BCUT2D eigenvalue weighted by atomic mass is 16.5. The van der Waals surface area contributed by atoms with Crippen LogP contribution in [-0.2, 0) is 16.0 Å². The Bertz CT molecular complexity index is 449. The Morgan fingerprint density at radius 3 is 2.76 bits per heavy atom. The monoisotopic (exact) mass is 296 g/mol. The quantitative estimate of drug-likeness (QED) is 0.656. The van der Waals surface area contributed by atoms with Crippen LogP contribution in [0.5, 0.6) is 11.5 Å². The first-order chi connectivity index (χ1) is 10.1. The average molecular weight is 296 g/mol. The minimum Gasteiger partial charge on any atom is -0.497 e. The molecule has 118 valence electrons. The van der Waals surface area contributed by atoms with Gasteiger partial charge in [-0.25, -0.2) is 0 Å². The van der Waals surface area contributed by atoms with Gasteiger partial charge in [0, 0.05) is 19.7 Å². The summed E-state index contributed by atoms with van der Waals surface area (Å²) in [6, 6.07) is 5.46. The first kappa shape index (κ1) is 17.3. The maximum absolute atomic E-state index is 11.6. The number of carbonyl (C=O) groups is 1. The molecule has 0 aromatic heterocycles. The van der Waals surface area contributed by atoms with E-state index >= 15 is 0 Å². The maximum atomic E-state index is 11.6. The van der Waals surface area contributed by atoms with Crippen molar-refractivity contribution in [3.05, 3.63) is 23.8 Å². The molecule has 0 saturated heterocycles. The molecule has 0 spiro atoms.